The fourth-order valence-corrected chi connectivity index (χ4v) is 1.28. The lowest BCUT2D eigenvalue weighted by molar-refractivity contribution is 0.0912. The summed E-state index contributed by atoms with van der Waals surface area (Å²) in [5, 5.41) is 21.1. The first-order chi connectivity index (χ1) is 7.60. The molecule has 0 aliphatic carbocycles. The van der Waals surface area contributed by atoms with Gasteiger partial charge in [-0.25, -0.2) is 0 Å². The number of amides is 1. The number of para-hydroxylation sites is 1. The number of carbonyl (C=O) groups is 1. The van der Waals surface area contributed by atoms with Crippen molar-refractivity contribution in [2.45, 2.75) is 19.4 Å². The van der Waals surface area contributed by atoms with E-state index in [-0.39, 0.29) is 29.6 Å². The van der Waals surface area contributed by atoms with E-state index < -0.39 is 5.91 Å². The molecule has 0 aromatic heterocycles. The summed E-state index contributed by atoms with van der Waals surface area (Å²) in [5.41, 5.74) is 5.75. The fourth-order valence-electron chi connectivity index (χ4n) is 1.28. The van der Waals surface area contributed by atoms with E-state index in [2.05, 4.69) is 5.32 Å². The van der Waals surface area contributed by atoms with Crippen molar-refractivity contribution in [3.63, 3.8) is 0 Å². The molecule has 1 amide bonds. The molecule has 0 saturated heterocycles. The van der Waals surface area contributed by atoms with Gasteiger partial charge in [0.2, 0.25) is 0 Å². The highest BCUT2D eigenvalue weighted by molar-refractivity contribution is 5.98. The third kappa shape index (κ3) is 2.64. The number of rotatable bonds is 4. The Hall–Kier alpha value is -1.75. The summed E-state index contributed by atoms with van der Waals surface area (Å²) in [7, 11) is 0. The summed E-state index contributed by atoms with van der Waals surface area (Å²) < 4.78 is 0. The number of carbonyl (C=O) groups excluding carboxylic acids is 1. The Morgan fingerprint density at radius 3 is 2.81 bits per heavy atom. The van der Waals surface area contributed by atoms with Crippen LogP contribution in [0.5, 0.6) is 5.75 Å². The topological polar surface area (TPSA) is 95.6 Å². The molecule has 1 aromatic rings. The maximum atomic E-state index is 11.7. The van der Waals surface area contributed by atoms with Crippen molar-refractivity contribution in [1.29, 1.82) is 0 Å². The van der Waals surface area contributed by atoms with Crippen LogP contribution in [0, 0.1) is 0 Å². The number of anilines is 1. The van der Waals surface area contributed by atoms with Gasteiger partial charge in [-0.1, -0.05) is 13.0 Å². The Morgan fingerprint density at radius 1 is 1.56 bits per heavy atom. The second kappa shape index (κ2) is 5.37. The number of benzene rings is 1. The Bertz CT molecular complexity index is 375. The fraction of sp³-hybridized carbons (Fsp3) is 0.364. The quantitative estimate of drug-likeness (QED) is 0.441. The molecule has 0 aliphatic rings. The van der Waals surface area contributed by atoms with Crippen LogP contribution in [0.4, 0.5) is 5.69 Å². The second-order valence-corrected chi connectivity index (χ2v) is 3.50. The lowest BCUT2D eigenvalue weighted by Gasteiger charge is -2.14. The molecule has 0 unspecified atom stereocenters. The van der Waals surface area contributed by atoms with E-state index >= 15 is 0 Å². The molecule has 5 heteroatoms. The molecule has 1 aromatic carbocycles. The summed E-state index contributed by atoms with van der Waals surface area (Å²) in [6.07, 6.45) is 0.616. The van der Waals surface area contributed by atoms with Crippen molar-refractivity contribution < 1.29 is 15.0 Å². The molecule has 1 rings (SSSR count). The maximum absolute atomic E-state index is 11.7. The van der Waals surface area contributed by atoms with E-state index in [0.717, 1.165) is 0 Å². The van der Waals surface area contributed by atoms with Gasteiger partial charge in [0.15, 0.2) is 5.75 Å². The van der Waals surface area contributed by atoms with Gasteiger partial charge in [-0.05, 0) is 18.6 Å². The van der Waals surface area contributed by atoms with E-state index in [1.807, 2.05) is 6.92 Å². The van der Waals surface area contributed by atoms with Crippen molar-refractivity contribution in [3.05, 3.63) is 23.8 Å². The molecule has 0 bridgehead atoms. The first-order valence-electron chi connectivity index (χ1n) is 5.09. The summed E-state index contributed by atoms with van der Waals surface area (Å²) >= 11 is 0. The molecule has 0 fully saturated rings. The van der Waals surface area contributed by atoms with E-state index in [1.165, 1.54) is 12.1 Å². The molecule has 1 atom stereocenters. The minimum absolute atomic E-state index is 0.118. The predicted octanol–water partition coefficient (Wildman–Crippen LogP) is 0.475. The molecule has 0 radical (unpaired) electrons. The highest BCUT2D eigenvalue weighted by Gasteiger charge is 2.15. The average molecular weight is 224 g/mol. The zero-order valence-electron chi connectivity index (χ0n) is 9.10. The van der Waals surface area contributed by atoms with Crippen molar-refractivity contribution in [2.75, 3.05) is 12.3 Å². The number of nitrogen functional groups attached to an aromatic ring is 1. The first kappa shape index (κ1) is 12.3. The monoisotopic (exact) mass is 224 g/mol. The zero-order valence-corrected chi connectivity index (χ0v) is 9.10. The molecule has 16 heavy (non-hydrogen) atoms. The highest BCUT2D eigenvalue weighted by atomic mass is 16.3. The molecule has 5 N–H and O–H groups in total. The van der Waals surface area contributed by atoms with E-state index in [1.54, 1.807) is 6.07 Å². The molecular formula is C11H16N2O3. The van der Waals surface area contributed by atoms with Gasteiger partial charge in [-0.3, -0.25) is 4.79 Å². The summed E-state index contributed by atoms with van der Waals surface area (Å²) in [6.45, 7) is 1.71. The SMILES string of the molecule is CC[C@@H](CO)NC(=O)c1cccc(N)c1O. The van der Waals surface area contributed by atoms with Gasteiger partial charge < -0.3 is 21.3 Å². The Balaban J connectivity index is 2.84. The molecular weight excluding hydrogens is 208 g/mol. The third-order valence-corrected chi connectivity index (χ3v) is 2.36. The Kier molecular flexibility index (Phi) is 4.13. The van der Waals surface area contributed by atoms with Crippen molar-refractivity contribution in [1.82, 2.24) is 5.32 Å². The lowest BCUT2D eigenvalue weighted by Crippen LogP contribution is -2.36. The number of phenolic OH excluding ortho intramolecular Hbond substituents is 1. The summed E-state index contributed by atoms with van der Waals surface area (Å²) in [5.74, 6) is -0.668. The molecule has 0 spiro atoms. The number of hydrogen-bond acceptors (Lipinski definition) is 4. The van der Waals surface area contributed by atoms with Gasteiger partial charge in [-0.2, -0.15) is 0 Å². The summed E-state index contributed by atoms with van der Waals surface area (Å²) in [4.78, 5) is 11.7. The normalized spacial score (nSPS) is 12.1. The Morgan fingerprint density at radius 2 is 2.25 bits per heavy atom. The molecule has 0 aliphatic heterocycles. The number of hydrogen-bond donors (Lipinski definition) is 4. The van der Waals surface area contributed by atoms with Crippen LogP contribution < -0.4 is 11.1 Å². The van der Waals surface area contributed by atoms with Crippen LogP contribution in [0.1, 0.15) is 23.7 Å². The number of aliphatic hydroxyl groups excluding tert-OH is 1. The minimum Gasteiger partial charge on any atom is -0.505 e. The van der Waals surface area contributed by atoms with E-state index in [9.17, 15) is 9.90 Å². The molecule has 0 saturated carbocycles. The number of aromatic hydroxyl groups is 1. The smallest absolute Gasteiger partial charge is 0.255 e. The van der Waals surface area contributed by atoms with Gasteiger partial charge in [0.1, 0.15) is 0 Å². The third-order valence-electron chi connectivity index (χ3n) is 2.36. The molecule has 88 valence electrons. The van der Waals surface area contributed by atoms with Crippen LogP contribution in [0.15, 0.2) is 18.2 Å². The lowest BCUT2D eigenvalue weighted by atomic mass is 10.1. The summed E-state index contributed by atoms with van der Waals surface area (Å²) in [6, 6.07) is 4.26. The second-order valence-electron chi connectivity index (χ2n) is 3.50. The Labute approximate surface area is 93.9 Å². The first-order valence-corrected chi connectivity index (χ1v) is 5.09. The minimum atomic E-state index is -0.439. The zero-order chi connectivity index (χ0) is 12.1. The maximum Gasteiger partial charge on any atom is 0.255 e. The van der Waals surface area contributed by atoms with E-state index in [4.69, 9.17) is 10.8 Å². The van der Waals surface area contributed by atoms with Gasteiger partial charge in [0.05, 0.1) is 23.9 Å². The van der Waals surface area contributed by atoms with Crippen LogP contribution in [-0.2, 0) is 0 Å². The standard InChI is InChI=1S/C11H16N2O3/c1-2-7(6-14)13-11(16)8-4-3-5-9(12)10(8)15/h3-5,7,14-15H,2,6,12H2,1H3,(H,13,16)/t7-/m0/s1. The molecule has 5 nitrogen and oxygen atoms in total. The largest absolute Gasteiger partial charge is 0.505 e. The number of phenols is 1. The van der Waals surface area contributed by atoms with Crippen molar-refractivity contribution in [3.8, 4) is 5.75 Å². The van der Waals surface area contributed by atoms with Gasteiger partial charge in [0, 0.05) is 0 Å². The van der Waals surface area contributed by atoms with Gasteiger partial charge in [-0.15, -0.1) is 0 Å². The van der Waals surface area contributed by atoms with Crippen LogP contribution in [0.25, 0.3) is 0 Å². The number of nitrogens with two attached hydrogens (primary N) is 1. The van der Waals surface area contributed by atoms with Crippen molar-refractivity contribution >= 4 is 11.6 Å². The molecule has 0 heterocycles. The van der Waals surface area contributed by atoms with Crippen LogP contribution in [-0.4, -0.2) is 28.8 Å². The van der Waals surface area contributed by atoms with Crippen LogP contribution >= 0.6 is 0 Å². The predicted molar refractivity (Wildman–Crippen MR) is 61.2 cm³/mol. The van der Waals surface area contributed by atoms with Gasteiger partial charge in [0.25, 0.3) is 5.91 Å². The van der Waals surface area contributed by atoms with Crippen LogP contribution in [0.2, 0.25) is 0 Å². The van der Waals surface area contributed by atoms with E-state index in [0.29, 0.717) is 6.42 Å². The van der Waals surface area contributed by atoms with Gasteiger partial charge >= 0.3 is 0 Å². The highest BCUT2D eigenvalue weighted by Crippen LogP contribution is 2.24. The number of nitrogens with one attached hydrogen (secondary N) is 1. The number of aliphatic hydroxyl groups is 1. The average Bonchev–Trinajstić information content (AvgIpc) is 2.29. The van der Waals surface area contributed by atoms with Crippen LogP contribution in [0.3, 0.4) is 0 Å². The van der Waals surface area contributed by atoms with Crippen molar-refractivity contribution in [2.24, 2.45) is 0 Å².